The number of carbonyl (C=O) groups is 1. The first kappa shape index (κ1) is 24.6. The molecule has 1 aliphatic heterocycles. The number of piperidine rings is 1. The Kier molecular flexibility index (Phi) is 6.70. The molecule has 0 saturated carbocycles. The van der Waals surface area contributed by atoms with E-state index < -0.39 is 11.5 Å². The summed E-state index contributed by atoms with van der Waals surface area (Å²) in [4.78, 5) is 43.3. The molecule has 4 heterocycles. The number of aromatic nitrogens is 5. The van der Waals surface area contributed by atoms with Crippen molar-refractivity contribution < 1.29 is 9.18 Å². The van der Waals surface area contributed by atoms with Crippen molar-refractivity contribution in [3.05, 3.63) is 70.2 Å². The topological polar surface area (TPSA) is 126 Å². The van der Waals surface area contributed by atoms with Crippen LogP contribution < -0.4 is 11.4 Å². The average molecular weight is 505 g/mol. The number of nitrogens with zero attached hydrogens (tertiary/aromatic N) is 6. The second-order valence-corrected chi connectivity index (χ2v) is 9.68. The summed E-state index contributed by atoms with van der Waals surface area (Å²) in [5.41, 5.74) is 8.73. The number of imidazole rings is 1. The summed E-state index contributed by atoms with van der Waals surface area (Å²) in [5.74, 6) is 0.584. The predicted octanol–water partition coefficient (Wildman–Crippen LogP) is 2.22. The van der Waals surface area contributed by atoms with E-state index in [0.29, 0.717) is 41.6 Å². The molecule has 1 amide bonds. The molecule has 3 N–H and O–H groups in total. The normalized spacial score (nSPS) is 14.5. The first-order valence-corrected chi connectivity index (χ1v) is 12.2. The summed E-state index contributed by atoms with van der Waals surface area (Å²) in [6.07, 6.45) is 4.48. The van der Waals surface area contributed by atoms with Crippen molar-refractivity contribution in [2.24, 2.45) is 0 Å². The van der Waals surface area contributed by atoms with E-state index in [1.807, 2.05) is 36.0 Å². The van der Waals surface area contributed by atoms with Gasteiger partial charge in [-0.1, -0.05) is 24.3 Å². The maximum atomic E-state index is 13.9. The van der Waals surface area contributed by atoms with Crippen LogP contribution in [0.2, 0.25) is 0 Å². The zero-order valence-electron chi connectivity index (χ0n) is 20.8. The molecule has 0 spiro atoms. The van der Waals surface area contributed by atoms with Gasteiger partial charge >= 0.3 is 5.69 Å². The van der Waals surface area contributed by atoms with Crippen LogP contribution >= 0.6 is 0 Å². The van der Waals surface area contributed by atoms with Crippen molar-refractivity contribution in [1.82, 2.24) is 34.3 Å². The van der Waals surface area contributed by atoms with Crippen LogP contribution in [0, 0.1) is 5.82 Å². The lowest BCUT2D eigenvalue weighted by Crippen LogP contribution is -2.42. The molecule has 11 heteroatoms. The molecule has 10 nitrogen and oxygen atoms in total. The molecule has 192 valence electrons. The van der Waals surface area contributed by atoms with E-state index in [9.17, 15) is 14.0 Å². The van der Waals surface area contributed by atoms with Gasteiger partial charge in [-0.15, -0.1) is 0 Å². The maximum absolute atomic E-state index is 13.9. The van der Waals surface area contributed by atoms with Crippen molar-refractivity contribution in [1.29, 1.82) is 0 Å². The Balaban J connectivity index is 1.38. The molecule has 0 atom stereocenters. The summed E-state index contributed by atoms with van der Waals surface area (Å²) in [7, 11) is 3.81. The van der Waals surface area contributed by atoms with Crippen LogP contribution in [-0.4, -0.2) is 73.9 Å². The molecule has 4 aromatic rings. The van der Waals surface area contributed by atoms with E-state index in [0.717, 1.165) is 37.7 Å². The lowest BCUT2D eigenvalue weighted by Gasteiger charge is -2.33. The molecule has 3 aromatic heterocycles. The molecule has 0 radical (unpaired) electrons. The number of likely N-dealkylation sites (N-methyl/N-ethyl adjacent to an activating group) is 1. The number of nitrogen functional groups attached to an aromatic ring is 1. The molecule has 1 aliphatic rings. The van der Waals surface area contributed by atoms with Gasteiger partial charge in [-0.3, -0.25) is 14.8 Å². The molecule has 0 aliphatic carbocycles. The number of hydrogen-bond acceptors (Lipinski definition) is 7. The Hall–Kier alpha value is -4.12. The van der Waals surface area contributed by atoms with Crippen molar-refractivity contribution >= 4 is 22.9 Å². The first-order valence-electron chi connectivity index (χ1n) is 12.2. The number of hydrogen-bond donors (Lipinski definition) is 2. The SMILES string of the molecule is CN(C)CC(=O)N1CCC(c2ccc(Cn3c(-c4cncc(F)c4)nc4c(N)[nH]c(=O)nc43)cc2)CC1. The van der Waals surface area contributed by atoms with Crippen LogP contribution in [0.15, 0.2) is 47.5 Å². The Morgan fingerprint density at radius 3 is 2.57 bits per heavy atom. The van der Waals surface area contributed by atoms with Crippen molar-refractivity contribution in [2.45, 2.75) is 25.3 Å². The number of carbonyl (C=O) groups excluding carboxylic acids is 1. The standard InChI is InChI=1S/C26H29FN8O2/c1-33(2)15-21(36)34-9-7-18(8-10-34)17-5-3-16(4-6-17)14-35-24(19-11-20(27)13-29-12-19)30-22-23(28)31-26(37)32-25(22)35/h3-6,11-13,18H,7-10,14-15H2,1-2H3,(H3,28,31,32,37). The third-order valence-electron chi connectivity index (χ3n) is 6.70. The summed E-state index contributed by atoms with van der Waals surface area (Å²) in [5, 5.41) is 0. The fourth-order valence-corrected chi connectivity index (χ4v) is 4.85. The van der Waals surface area contributed by atoms with Gasteiger partial charge in [0, 0.05) is 24.8 Å². The Bertz CT molecular complexity index is 1490. The minimum Gasteiger partial charge on any atom is -0.383 e. The molecule has 37 heavy (non-hydrogen) atoms. The third kappa shape index (κ3) is 5.21. The monoisotopic (exact) mass is 504 g/mol. The lowest BCUT2D eigenvalue weighted by atomic mass is 9.89. The van der Waals surface area contributed by atoms with Gasteiger partial charge in [-0.05, 0) is 50.0 Å². The molecular weight excluding hydrogens is 475 g/mol. The zero-order valence-corrected chi connectivity index (χ0v) is 20.8. The number of nitrogens with two attached hydrogens (primary N) is 1. The Labute approximate surface area is 213 Å². The Morgan fingerprint density at radius 1 is 1.16 bits per heavy atom. The molecule has 5 rings (SSSR count). The number of likely N-dealkylation sites (tertiary alicyclic amines) is 1. The maximum Gasteiger partial charge on any atom is 0.348 e. The lowest BCUT2D eigenvalue weighted by molar-refractivity contribution is -0.132. The number of aromatic amines is 1. The number of amides is 1. The molecule has 0 bridgehead atoms. The van der Waals surface area contributed by atoms with Gasteiger partial charge in [0.1, 0.15) is 23.0 Å². The van der Waals surface area contributed by atoms with Crippen molar-refractivity contribution in [2.75, 3.05) is 39.5 Å². The highest BCUT2D eigenvalue weighted by atomic mass is 19.1. The van der Waals surface area contributed by atoms with E-state index >= 15 is 0 Å². The van der Waals surface area contributed by atoms with Gasteiger partial charge in [0.15, 0.2) is 5.65 Å². The predicted molar refractivity (Wildman–Crippen MR) is 138 cm³/mol. The molecular formula is C26H29FN8O2. The number of rotatable bonds is 6. The van der Waals surface area contributed by atoms with E-state index in [4.69, 9.17) is 5.73 Å². The summed E-state index contributed by atoms with van der Waals surface area (Å²) < 4.78 is 15.7. The average Bonchev–Trinajstić information content (AvgIpc) is 3.22. The van der Waals surface area contributed by atoms with Crippen molar-refractivity contribution in [3.8, 4) is 11.4 Å². The smallest absolute Gasteiger partial charge is 0.348 e. The van der Waals surface area contributed by atoms with Crippen LogP contribution in [0.1, 0.15) is 29.9 Å². The van der Waals surface area contributed by atoms with Gasteiger partial charge in [0.2, 0.25) is 5.91 Å². The molecule has 1 saturated heterocycles. The van der Waals surface area contributed by atoms with Gasteiger partial charge in [0.05, 0.1) is 19.3 Å². The van der Waals surface area contributed by atoms with Crippen LogP contribution in [0.3, 0.4) is 0 Å². The quantitative estimate of drug-likeness (QED) is 0.412. The third-order valence-corrected chi connectivity index (χ3v) is 6.70. The van der Waals surface area contributed by atoms with E-state index in [-0.39, 0.29) is 11.7 Å². The largest absolute Gasteiger partial charge is 0.383 e. The fourth-order valence-electron chi connectivity index (χ4n) is 4.85. The van der Waals surface area contributed by atoms with Crippen LogP contribution in [-0.2, 0) is 11.3 Å². The van der Waals surface area contributed by atoms with E-state index in [1.165, 1.54) is 17.8 Å². The Morgan fingerprint density at radius 2 is 1.89 bits per heavy atom. The highest BCUT2D eigenvalue weighted by Gasteiger charge is 2.24. The number of benzene rings is 1. The number of fused-ring (bicyclic) bond motifs is 1. The van der Waals surface area contributed by atoms with Crippen LogP contribution in [0.5, 0.6) is 0 Å². The first-order chi connectivity index (χ1) is 17.8. The molecule has 1 fully saturated rings. The van der Waals surface area contributed by atoms with Gasteiger partial charge in [0.25, 0.3) is 0 Å². The minimum atomic E-state index is -0.583. The van der Waals surface area contributed by atoms with E-state index in [2.05, 4.69) is 32.1 Å². The van der Waals surface area contributed by atoms with Crippen LogP contribution in [0.25, 0.3) is 22.6 Å². The highest BCUT2D eigenvalue weighted by molar-refractivity contribution is 5.85. The van der Waals surface area contributed by atoms with Crippen LogP contribution in [0.4, 0.5) is 10.2 Å². The summed E-state index contributed by atoms with van der Waals surface area (Å²) in [6, 6.07) is 9.62. The van der Waals surface area contributed by atoms with Gasteiger partial charge in [-0.2, -0.15) is 4.98 Å². The second-order valence-electron chi connectivity index (χ2n) is 9.68. The molecule has 0 unspecified atom stereocenters. The highest BCUT2D eigenvalue weighted by Crippen LogP contribution is 2.30. The zero-order chi connectivity index (χ0) is 26.1. The second kappa shape index (κ2) is 10.1. The van der Waals surface area contributed by atoms with Crippen molar-refractivity contribution in [3.63, 3.8) is 0 Å². The molecule has 1 aromatic carbocycles. The van der Waals surface area contributed by atoms with E-state index in [1.54, 1.807) is 4.57 Å². The number of nitrogens with one attached hydrogen (secondary N) is 1. The summed E-state index contributed by atoms with van der Waals surface area (Å²) in [6.45, 7) is 2.30. The minimum absolute atomic E-state index is 0.102. The van der Waals surface area contributed by atoms with Gasteiger partial charge < -0.3 is 20.1 Å². The number of anilines is 1. The summed E-state index contributed by atoms with van der Waals surface area (Å²) >= 11 is 0. The van der Waals surface area contributed by atoms with Gasteiger partial charge in [-0.25, -0.2) is 14.2 Å². The number of H-pyrrole nitrogens is 1. The fraction of sp³-hybridized carbons (Fsp3) is 0.346. The number of halogens is 1. The number of pyridine rings is 1.